The Morgan fingerprint density at radius 1 is 1.38 bits per heavy atom. The highest BCUT2D eigenvalue weighted by molar-refractivity contribution is 7.10. The van der Waals surface area contributed by atoms with Gasteiger partial charge in [0.15, 0.2) is 0 Å². The van der Waals surface area contributed by atoms with Crippen molar-refractivity contribution in [3.8, 4) is 0 Å². The number of piperidine rings is 1. The monoisotopic (exact) mass is 344 g/mol. The maximum Gasteiger partial charge on any atom is 0.227 e. The SMILES string of the molecule is C[C@H]1CCc2noc(C3CCN(C(=O)Cc4cccs4)CC3)c2C1. The molecule has 4 nitrogen and oxygen atoms in total. The summed E-state index contributed by atoms with van der Waals surface area (Å²) in [6.45, 7) is 3.98. The van der Waals surface area contributed by atoms with E-state index in [0.717, 1.165) is 55.3 Å². The van der Waals surface area contributed by atoms with Gasteiger partial charge in [-0.2, -0.15) is 0 Å². The van der Waals surface area contributed by atoms with Gasteiger partial charge in [0, 0.05) is 29.4 Å². The molecule has 0 aromatic carbocycles. The lowest BCUT2D eigenvalue weighted by atomic mass is 9.83. The van der Waals surface area contributed by atoms with Crippen LogP contribution in [0.3, 0.4) is 0 Å². The number of fused-ring (bicyclic) bond motifs is 1. The van der Waals surface area contributed by atoms with E-state index in [-0.39, 0.29) is 5.91 Å². The van der Waals surface area contributed by atoms with E-state index in [1.807, 2.05) is 22.4 Å². The van der Waals surface area contributed by atoms with E-state index in [0.29, 0.717) is 12.3 Å². The van der Waals surface area contributed by atoms with Crippen molar-refractivity contribution in [3.05, 3.63) is 39.4 Å². The second kappa shape index (κ2) is 6.71. The summed E-state index contributed by atoms with van der Waals surface area (Å²) in [7, 11) is 0. The Balaban J connectivity index is 1.38. The fourth-order valence-corrected chi connectivity index (χ4v) is 4.69. The van der Waals surface area contributed by atoms with Gasteiger partial charge in [0.2, 0.25) is 5.91 Å². The van der Waals surface area contributed by atoms with Gasteiger partial charge >= 0.3 is 0 Å². The lowest BCUT2D eigenvalue weighted by molar-refractivity contribution is -0.131. The van der Waals surface area contributed by atoms with Gasteiger partial charge in [-0.3, -0.25) is 4.79 Å². The van der Waals surface area contributed by atoms with Crippen molar-refractivity contribution in [2.45, 2.75) is 51.4 Å². The van der Waals surface area contributed by atoms with Gasteiger partial charge in [0.25, 0.3) is 0 Å². The fourth-order valence-electron chi connectivity index (χ4n) is 3.99. The number of nitrogens with zero attached hydrogens (tertiary/aromatic N) is 2. The number of likely N-dealkylation sites (tertiary alicyclic amines) is 1. The van der Waals surface area contributed by atoms with E-state index in [2.05, 4.69) is 12.1 Å². The van der Waals surface area contributed by atoms with Gasteiger partial charge in [-0.1, -0.05) is 18.1 Å². The second-order valence-corrected chi connectivity index (χ2v) is 8.26. The lowest BCUT2D eigenvalue weighted by Gasteiger charge is -2.31. The van der Waals surface area contributed by atoms with Gasteiger partial charge in [-0.05, 0) is 49.5 Å². The number of aromatic nitrogens is 1. The zero-order valence-electron chi connectivity index (χ0n) is 14.2. The number of amides is 1. The van der Waals surface area contributed by atoms with E-state index >= 15 is 0 Å². The summed E-state index contributed by atoms with van der Waals surface area (Å²) < 4.78 is 5.73. The number of rotatable bonds is 3. The molecule has 1 aliphatic carbocycles. The molecule has 1 saturated heterocycles. The van der Waals surface area contributed by atoms with Crippen LogP contribution in [0.2, 0.25) is 0 Å². The summed E-state index contributed by atoms with van der Waals surface area (Å²) in [4.78, 5) is 15.6. The van der Waals surface area contributed by atoms with Gasteiger partial charge < -0.3 is 9.42 Å². The van der Waals surface area contributed by atoms with E-state index in [1.54, 1.807) is 11.3 Å². The number of aryl methyl sites for hydroxylation is 1. The summed E-state index contributed by atoms with van der Waals surface area (Å²) in [6, 6.07) is 4.05. The highest BCUT2D eigenvalue weighted by Gasteiger charge is 2.31. The first-order valence-electron chi connectivity index (χ1n) is 8.98. The average Bonchev–Trinajstić information content (AvgIpc) is 3.24. The Morgan fingerprint density at radius 2 is 2.21 bits per heavy atom. The van der Waals surface area contributed by atoms with Crippen LogP contribution >= 0.6 is 11.3 Å². The first-order valence-corrected chi connectivity index (χ1v) is 9.86. The van der Waals surface area contributed by atoms with Crippen LogP contribution in [0.5, 0.6) is 0 Å². The molecule has 3 heterocycles. The molecule has 0 spiro atoms. The fraction of sp³-hybridized carbons (Fsp3) is 0.579. The number of carbonyl (C=O) groups excluding carboxylic acids is 1. The standard InChI is InChI=1S/C19H24N2O2S/c1-13-4-5-17-16(11-13)19(23-20-17)14-6-8-21(9-7-14)18(22)12-15-3-2-10-24-15/h2-3,10,13-14H,4-9,11-12H2,1H3/t13-/m0/s1. The molecule has 2 aromatic heterocycles. The average molecular weight is 344 g/mol. The molecule has 0 radical (unpaired) electrons. The van der Waals surface area contributed by atoms with Crippen molar-refractivity contribution in [2.24, 2.45) is 5.92 Å². The molecule has 4 rings (SSSR count). The summed E-state index contributed by atoms with van der Waals surface area (Å²) in [5, 5.41) is 6.35. The molecule has 2 aliphatic rings. The van der Waals surface area contributed by atoms with Crippen LogP contribution in [0.15, 0.2) is 22.0 Å². The van der Waals surface area contributed by atoms with E-state index < -0.39 is 0 Å². The van der Waals surface area contributed by atoms with Gasteiger partial charge in [0.1, 0.15) is 5.76 Å². The van der Waals surface area contributed by atoms with Crippen LogP contribution in [0.25, 0.3) is 0 Å². The Kier molecular flexibility index (Phi) is 4.44. The lowest BCUT2D eigenvalue weighted by Crippen LogP contribution is -2.38. The summed E-state index contributed by atoms with van der Waals surface area (Å²) in [6.07, 6.45) is 5.90. The molecule has 2 aromatic rings. The number of hydrogen-bond donors (Lipinski definition) is 0. The molecule has 0 saturated carbocycles. The third kappa shape index (κ3) is 3.14. The van der Waals surface area contributed by atoms with E-state index in [4.69, 9.17) is 4.52 Å². The molecule has 24 heavy (non-hydrogen) atoms. The molecule has 5 heteroatoms. The predicted molar refractivity (Wildman–Crippen MR) is 94.3 cm³/mol. The molecule has 0 unspecified atom stereocenters. The topological polar surface area (TPSA) is 46.3 Å². The highest BCUT2D eigenvalue weighted by atomic mass is 32.1. The van der Waals surface area contributed by atoms with Crippen molar-refractivity contribution in [1.29, 1.82) is 0 Å². The molecule has 128 valence electrons. The zero-order valence-corrected chi connectivity index (χ0v) is 15.0. The number of carbonyl (C=O) groups is 1. The minimum atomic E-state index is 0.254. The quantitative estimate of drug-likeness (QED) is 0.850. The summed E-state index contributed by atoms with van der Waals surface area (Å²) in [5.41, 5.74) is 2.55. The largest absolute Gasteiger partial charge is 0.361 e. The normalized spacial score (nSPS) is 21.7. The molecule has 1 atom stereocenters. The molecular weight excluding hydrogens is 320 g/mol. The molecule has 0 N–H and O–H groups in total. The second-order valence-electron chi connectivity index (χ2n) is 7.23. The number of hydrogen-bond acceptors (Lipinski definition) is 4. The predicted octanol–water partition coefficient (Wildman–Crippen LogP) is 3.81. The van der Waals surface area contributed by atoms with Crippen LogP contribution in [0.4, 0.5) is 0 Å². The van der Waals surface area contributed by atoms with Gasteiger partial charge in [-0.25, -0.2) is 0 Å². The van der Waals surface area contributed by atoms with Crippen LogP contribution in [0, 0.1) is 5.92 Å². The first-order chi connectivity index (χ1) is 11.7. The minimum Gasteiger partial charge on any atom is -0.361 e. The van der Waals surface area contributed by atoms with Gasteiger partial charge in [-0.15, -0.1) is 11.3 Å². The van der Waals surface area contributed by atoms with Crippen molar-refractivity contribution in [1.82, 2.24) is 10.1 Å². The third-order valence-corrected chi connectivity index (χ3v) is 6.33. The zero-order chi connectivity index (χ0) is 16.5. The maximum absolute atomic E-state index is 12.4. The third-order valence-electron chi connectivity index (χ3n) is 5.45. The Bertz CT molecular complexity index is 699. The van der Waals surface area contributed by atoms with Crippen molar-refractivity contribution < 1.29 is 9.32 Å². The molecule has 0 bridgehead atoms. The van der Waals surface area contributed by atoms with Crippen molar-refractivity contribution in [3.63, 3.8) is 0 Å². The smallest absolute Gasteiger partial charge is 0.227 e. The highest BCUT2D eigenvalue weighted by Crippen LogP contribution is 2.36. The van der Waals surface area contributed by atoms with Crippen molar-refractivity contribution in [2.75, 3.05) is 13.1 Å². The molecule has 1 aliphatic heterocycles. The van der Waals surface area contributed by atoms with Gasteiger partial charge in [0.05, 0.1) is 12.1 Å². The first kappa shape index (κ1) is 15.9. The van der Waals surface area contributed by atoms with Crippen LogP contribution < -0.4 is 0 Å². The molecular formula is C19H24N2O2S. The Morgan fingerprint density at radius 3 is 2.96 bits per heavy atom. The van der Waals surface area contributed by atoms with Crippen LogP contribution in [0.1, 0.15) is 54.0 Å². The summed E-state index contributed by atoms with van der Waals surface area (Å²) >= 11 is 1.66. The molecule has 1 fully saturated rings. The number of thiophene rings is 1. The maximum atomic E-state index is 12.4. The van der Waals surface area contributed by atoms with Crippen LogP contribution in [-0.4, -0.2) is 29.1 Å². The van der Waals surface area contributed by atoms with Crippen molar-refractivity contribution >= 4 is 17.2 Å². The Hall–Kier alpha value is -1.62. The molecule has 1 amide bonds. The minimum absolute atomic E-state index is 0.254. The van der Waals surface area contributed by atoms with E-state index in [1.165, 1.54) is 17.7 Å². The van der Waals surface area contributed by atoms with E-state index in [9.17, 15) is 4.79 Å². The Labute approximate surface area is 146 Å². The van der Waals surface area contributed by atoms with Crippen LogP contribution in [-0.2, 0) is 24.1 Å². The summed E-state index contributed by atoms with van der Waals surface area (Å²) in [5.74, 6) is 2.52.